The van der Waals surface area contributed by atoms with Crippen molar-refractivity contribution in [2.75, 3.05) is 18.4 Å². The molecular weight excluding hydrogens is 216 g/mol. The topological polar surface area (TPSA) is 61.0 Å². The Kier molecular flexibility index (Phi) is 2.44. The zero-order valence-corrected chi connectivity index (χ0v) is 9.44. The van der Waals surface area contributed by atoms with Gasteiger partial charge in [0.1, 0.15) is 0 Å². The van der Waals surface area contributed by atoms with Crippen LogP contribution in [0.15, 0.2) is 24.5 Å². The molecule has 0 aliphatic carbocycles. The molecule has 1 aromatic heterocycles. The van der Waals surface area contributed by atoms with Crippen LogP contribution in [0.5, 0.6) is 0 Å². The number of fused-ring (bicyclic) bond motifs is 1. The van der Waals surface area contributed by atoms with Gasteiger partial charge in [-0.1, -0.05) is 0 Å². The lowest BCUT2D eigenvalue weighted by Crippen LogP contribution is -2.32. The van der Waals surface area contributed by atoms with E-state index in [9.17, 15) is 4.79 Å². The summed E-state index contributed by atoms with van der Waals surface area (Å²) in [7, 11) is 0. The number of carbonyl (C=O) groups is 1. The number of benzene rings is 1. The molecule has 17 heavy (non-hydrogen) atoms. The number of anilines is 1. The molecule has 5 heteroatoms. The average Bonchev–Trinajstić information content (AvgIpc) is 2.99. The summed E-state index contributed by atoms with van der Waals surface area (Å²) in [6.07, 6.45) is 3.86. The molecule has 0 atom stereocenters. The van der Waals surface area contributed by atoms with E-state index in [0.29, 0.717) is 0 Å². The number of likely N-dealkylation sites (tertiary alicyclic amines) is 1. The highest BCUT2D eigenvalue weighted by Crippen LogP contribution is 2.17. The fraction of sp³-hybridized carbons (Fsp3) is 0.333. The number of aromatic nitrogens is 2. The maximum Gasteiger partial charge on any atom is 0.321 e. The molecule has 1 saturated heterocycles. The van der Waals surface area contributed by atoms with Gasteiger partial charge >= 0.3 is 6.03 Å². The first-order chi connectivity index (χ1) is 8.33. The van der Waals surface area contributed by atoms with Crippen molar-refractivity contribution in [3.05, 3.63) is 24.5 Å². The minimum Gasteiger partial charge on any atom is -0.345 e. The summed E-state index contributed by atoms with van der Waals surface area (Å²) in [4.78, 5) is 20.9. The van der Waals surface area contributed by atoms with E-state index in [0.717, 1.165) is 42.7 Å². The van der Waals surface area contributed by atoms with Gasteiger partial charge in [0.05, 0.1) is 17.4 Å². The van der Waals surface area contributed by atoms with Gasteiger partial charge in [-0.15, -0.1) is 0 Å². The normalized spacial score (nSPS) is 15.4. The van der Waals surface area contributed by atoms with E-state index in [1.807, 2.05) is 23.1 Å². The van der Waals surface area contributed by atoms with Crippen LogP contribution in [-0.2, 0) is 0 Å². The van der Waals surface area contributed by atoms with Crippen LogP contribution in [0.2, 0.25) is 0 Å². The first-order valence-corrected chi connectivity index (χ1v) is 5.82. The van der Waals surface area contributed by atoms with Crippen LogP contribution in [0, 0.1) is 0 Å². The van der Waals surface area contributed by atoms with Crippen LogP contribution in [0.3, 0.4) is 0 Å². The molecule has 1 aromatic carbocycles. The van der Waals surface area contributed by atoms with Crippen LogP contribution in [-0.4, -0.2) is 34.0 Å². The summed E-state index contributed by atoms with van der Waals surface area (Å²) < 4.78 is 0. The van der Waals surface area contributed by atoms with E-state index in [-0.39, 0.29) is 6.03 Å². The number of imidazole rings is 1. The quantitative estimate of drug-likeness (QED) is 0.788. The molecule has 0 saturated carbocycles. The Morgan fingerprint density at radius 3 is 3.00 bits per heavy atom. The fourth-order valence-electron chi connectivity index (χ4n) is 2.14. The molecule has 0 unspecified atom stereocenters. The van der Waals surface area contributed by atoms with Gasteiger partial charge in [-0.05, 0) is 31.0 Å². The molecule has 1 fully saturated rings. The zero-order chi connectivity index (χ0) is 11.7. The Labute approximate surface area is 98.8 Å². The number of amides is 2. The smallest absolute Gasteiger partial charge is 0.321 e. The fourth-order valence-corrected chi connectivity index (χ4v) is 2.14. The second kappa shape index (κ2) is 4.08. The summed E-state index contributed by atoms with van der Waals surface area (Å²) in [5.74, 6) is 0. The summed E-state index contributed by atoms with van der Waals surface area (Å²) in [6, 6.07) is 5.65. The van der Waals surface area contributed by atoms with Gasteiger partial charge in [0.15, 0.2) is 0 Å². The molecule has 0 radical (unpaired) electrons. The van der Waals surface area contributed by atoms with Gasteiger partial charge in [0, 0.05) is 18.8 Å². The monoisotopic (exact) mass is 230 g/mol. The van der Waals surface area contributed by atoms with Crippen LogP contribution in [0.25, 0.3) is 11.0 Å². The minimum atomic E-state index is -0.0126. The molecule has 2 amide bonds. The maximum absolute atomic E-state index is 11.9. The Morgan fingerprint density at radius 1 is 1.35 bits per heavy atom. The third-order valence-corrected chi connectivity index (χ3v) is 3.06. The number of rotatable bonds is 1. The van der Waals surface area contributed by atoms with Crippen LogP contribution < -0.4 is 5.32 Å². The molecular formula is C12H14N4O. The Hall–Kier alpha value is -2.04. The van der Waals surface area contributed by atoms with E-state index >= 15 is 0 Å². The standard InChI is InChI=1S/C12H14N4O/c17-12(16-5-1-2-6-16)15-9-3-4-10-11(7-9)14-8-13-10/h3-4,7-8H,1-2,5-6H2,(H,13,14)(H,15,17). The van der Waals surface area contributed by atoms with Gasteiger partial charge in [-0.2, -0.15) is 0 Å². The number of hydrogen-bond acceptors (Lipinski definition) is 2. The van der Waals surface area contributed by atoms with Gasteiger partial charge in [-0.25, -0.2) is 9.78 Å². The molecule has 1 aliphatic rings. The SMILES string of the molecule is O=C(Nc1ccc2nc[nH]c2c1)N1CCCC1. The number of carbonyl (C=O) groups excluding carboxylic acids is 1. The summed E-state index contributed by atoms with van der Waals surface area (Å²) in [6.45, 7) is 1.72. The largest absolute Gasteiger partial charge is 0.345 e. The van der Waals surface area contributed by atoms with Crippen molar-refractivity contribution in [2.24, 2.45) is 0 Å². The first-order valence-electron chi connectivity index (χ1n) is 5.82. The number of nitrogens with one attached hydrogen (secondary N) is 2. The highest BCUT2D eigenvalue weighted by atomic mass is 16.2. The Morgan fingerprint density at radius 2 is 2.18 bits per heavy atom. The highest BCUT2D eigenvalue weighted by molar-refractivity contribution is 5.92. The van der Waals surface area contributed by atoms with E-state index in [2.05, 4.69) is 15.3 Å². The van der Waals surface area contributed by atoms with Crippen LogP contribution >= 0.6 is 0 Å². The van der Waals surface area contributed by atoms with E-state index < -0.39 is 0 Å². The van der Waals surface area contributed by atoms with E-state index in [4.69, 9.17) is 0 Å². The second-order valence-electron chi connectivity index (χ2n) is 4.26. The predicted molar refractivity (Wildman–Crippen MR) is 65.9 cm³/mol. The summed E-state index contributed by atoms with van der Waals surface area (Å²) >= 11 is 0. The van der Waals surface area contributed by atoms with Crippen LogP contribution in [0.4, 0.5) is 10.5 Å². The van der Waals surface area contributed by atoms with Crippen molar-refractivity contribution in [3.63, 3.8) is 0 Å². The lowest BCUT2D eigenvalue weighted by Gasteiger charge is -2.16. The maximum atomic E-state index is 11.9. The van der Waals surface area contributed by atoms with Crippen molar-refractivity contribution in [1.29, 1.82) is 0 Å². The van der Waals surface area contributed by atoms with Crippen molar-refractivity contribution in [3.8, 4) is 0 Å². The Balaban J connectivity index is 1.77. The summed E-state index contributed by atoms with van der Waals surface area (Å²) in [5.41, 5.74) is 2.65. The van der Waals surface area contributed by atoms with Gasteiger partial charge in [-0.3, -0.25) is 0 Å². The lowest BCUT2D eigenvalue weighted by molar-refractivity contribution is 0.222. The van der Waals surface area contributed by atoms with Gasteiger partial charge in [0.2, 0.25) is 0 Å². The van der Waals surface area contributed by atoms with Gasteiger partial charge in [0.25, 0.3) is 0 Å². The Bertz CT molecular complexity index is 542. The highest BCUT2D eigenvalue weighted by Gasteiger charge is 2.17. The number of aromatic amines is 1. The first kappa shape index (κ1) is 10.1. The second-order valence-corrected chi connectivity index (χ2v) is 4.26. The molecule has 2 aromatic rings. The zero-order valence-electron chi connectivity index (χ0n) is 9.44. The van der Waals surface area contributed by atoms with E-state index in [1.54, 1.807) is 6.33 Å². The predicted octanol–water partition coefficient (Wildman–Crippen LogP) is 2.19. The van der Waals surface area contributed by atoms with Crippen molar-refractivity contribution in [2.45, 2.75) is 12.8 Å². The van der Waals surface area contributed by atoms with Crippen molar-refractivity contribution < 1.29 is 4.79 Å². The van der Waals surface area contributed by atoms with Crippen molar-refractivity contribution >= 4 is 22.8 Å². The molecule has 0 bridgehead atoms. The van der Waals surface area contributed by atoms with Gasteiger partial charge < -0.3 is 15.2 Å². The van der Waals surface area contributed by atoms with Crippen LogP contribution in [0.1, 0.15) is 12.8 Å². The number of H-pyrrole nitrogens is 1. The average molecular weight is 230 g/mol. The molecule has 2 N–H and O–H groups in total. The number of urea groups is 1. The molecule has 2 heterocycles. The molecule has 1 aliphatic heterocycles. The molecule has 5 nitrogen and oxygen atoms in total. The minimum absolute atomic E-state index is 0.0126. The lowest BCUT2D eigenvalue weighted by atomic mass is 10.3. The molecule has 3 rings (SSSR count). The van der Waals surface area contributed by atoms with E-state index in [1.165, 1.54) is 0 Å². The number of nitrogens with zero attached hydrogens (tertiary/aromatic N) is 2. The molecule has 0 spiro atoms. The third-order valence-electron chi connectivity index (χ3n) is 3.06. The van der Waals surface area contributed by atoms with Crippen molar-refractivity contribution in [1.82, 2.24) is 14.9 Å². The molecule has 88 valence electrons. The summed E-state index contributed by atoms with van der Waals surface area (Å²) in [5, 5.41) is 2.90. The third kappa shape index (κ3) is 1.95. The number of hydrogen-bond donors (Lipinski definition) is 2.